The summed E-state index contributed by atoms with van der Waals surface area (Å²) in [6.07, 6.45) is 8.23. The maximum atomic E-state index is 14.7. The van der Waals surface area contributed by atoms with Crippen LogP contribution < -0.4 is 10.2 Å². The first-order valence-corrected chi connectivity index (χ1v) is 18.0. The second-order valence-electron chi connectivity index (χ2n) is 13.4. The molecule has 8 nitrogen and oxygen atoms in total. The van der Waals surface area contributed by atoms with Crippen molar-refractivity contribution in [2.75, 3.05) is 30.4 Å². The van der Waals surface area contributed by atoms with Gasteiger partial charge in [0.05, 0.1) is 30.5 Å². The lowest BCUT2D eigenvalue weighted by atomic mass is 9.82. The number of aromatic amines is 1. The Balaban J connectivity index is 1.30. The average Bonchev–Trinajstić information content (AvgIpc) is 3.44. The van der Waals surface area contributed by atoms with Crippen LogP contribution >= 0.6 is 23.2 Å². The van der Waals surface area contributed by atoms with Gasteiger partial charge >= 0.3 is 5.97 Å². The lowest BCUT2D eigenvalue weighted by Gasteiger charge is -2.39. The van der Waals surface area contributed by atoms with E-state index in [2.05, 4.69) is 80.7 Å². The van der Waals surface area contributed by atoms with Crippen molar-refractivity contribution in [1.29, 1.82) is 0 Å². The number of piperidine rings is 1. The number of amides is 1. The van der Waals surface area contributed by atoms with Gasteiger partial charge in [0.2, 0.25) is 0 Å². The number of hydrogen-bond donors (Lipinski definition) is 2. The molecule has 2 aromatic heterocycles. The number of esters is 1. The summed E-state index contributed by atoms with van der Waals surface area (Å²) in [5, 5.41) is 5.41. The molecule has 8 rings (SSSR count). The highest BCUT2D eigenvalue weighted by molar-refractivity contribution is 6.32. The zero-order valence-electron chi connectivity index (χ0n) is 28.3. The molecule has 2 unspecified atom stereocenters. The van der Waals surface area contributed by atoms with Crippen LogP contribution in [0.1, 0.15) is 65.0 Å². The number of hydrogen-bond acceptors (Lipinski definition) is 6. The number of carbonyl (C=O) groups excluding carboxylic acids is 2. The smallest absolute Gasteiger partial charge is 0.308 e. The molecule has 51 heavy (non-hydrogen) atoms. The van der Waals surface area contributed by atoms with E-state index < -0.39 is 0 Å². The van der Waals surface area contributed by atoms with Gasteiger partial charge in [0, 0.05) is 52.0 Å². The van der Waals surface area contributed by atoms with Crippen molar-refractivity contribution < 1.29 is 14.3 Å². The van der Waals surface area contributed by atoms with Crippen molar-refractivity contribution in [2.45, 2.75) is 32.2 Å². The number of nitrogens with zero attached hydrogens (tertiary/aromatic N) is 3. The first kappa shape index (κ1) is 33.1. The van der Waals surface area contributed by atoms with Gasteiger partial charge in [-0.25, -0.2) is 4.98 Å². The van der Waals surface area contributed by atoms with E-state index in [1.165, 1.54) is 7.11 Å². The number of halogens is 2. The number of fused-ring (bicyclic) bond motifs is 2. The van der Waals surface area contributed by atoms with Crippen LogP contribution in [0.3, 0.4) is 0 Å². The van der Waals surface area contributed by atoms with Crippen molar-refractivity contribution in [2.24, 2.45) is 11.8 Å². The van der Waals surface area contributed by atoms with Crippen LogP contribution in [0.5, 0.6) is 0 Å². The van der Waals surface area contributed by atoms with Crippen molar-refractivity contribution in [3.05, 3.63) is 135 Å². The molecule has 0 saturated carbocycles. The van der Waals surface area contributed by atoms with Gasteiger partial charge in [-0.2, -0.15) is 0 Å². The molecule has 0 bridgehead atoms. The molecule has 1 fully saturated rings. The van der Waals surface area contributed by atoms with Crippen LogP contribution in [0.15, 0.2) is 97.3 Å². The van der Waals surface area contributed by atoms with Gasteiger partial charge < -0.3 is 24.8 Å². The van der Waals surface area contributed by atoms with Gasteiger partial charge in [-0.3, -0.25) is 9.59 Å². The Kier molecular flexibility index (Phi) is 8.82. The molecule has 0 spiro atoms. The molecule has 1 saturated heterocycles. The minimum Gasteiger partial charge on any atom is -0.469 e. The number of benzene rings is 3. The second kappa shape index (κ2) is 13.6. The molecule has 3 aliphatic rings. The SMILES string of the molecule is COC(=O)C1CCN(c2ncccc2NC(=O)c2[nH]c3cc(Cl)cc4c3c2C2=C(c3ccccc3)C(C)CC=CN2C4c2ccc(Cl)cc2)CC1. The Labute approximate surface area is 306 Å². The van der Waals surface area contributed by atoms with E-state index >= 15 is 0 Å². The third-order valence-corrected chi connectivity index (χ3v) is 10.8. The third kappa shape index (κ3) is 5.96. The molecule has 3 aromatic carbocycles. The number of aromatic nitrogens is 2. The van der Waals surface area contributed by atoms with Crippen LogP contribution in [0, 0.1) is 11.8 Å². The summed E-state index contributed by atoms with van der Waals surface area (Å²) in [6, 6.07) is 25.8. The minimum absolute atomic E-state index is 0.142. The summed E-state index contributed by atoms with van der Waals surface area (Å²) in [5.74, 6) is 0.212. The average molecular weight is 719 g/mol. The highest BCUT2D eigenvalue weighted by Crippen LogP contribution is 2.53. The van der Waals surface area contributed by atoms with Gasteiger partial charge in [0.25, 0.3) is 5.91 Å². The quantitative estimate of drug-likeness (QED) is 0.170. The fourth-order valence-corrected chi connectivity index (χ4v) is 8.32. The largest absolute Gasteiger partial charge is 0.469 e. The van der Waals surface area contributed by atoms with E-state index in [0.29, 0.717) is 53.2 Å². The van der Waals surface area contributed by atoms with E-state index in [-0.39, 0.29) is 29.8 Å². The maximum absolute atomic E-state index is 14.7. The van der Waals surface area contributed by atoms with Gasteiger partial charge in [-0.15, -0.1) is 0 Å². The molecule has 2 N–H and O–H groups in total. The van der Waals surface area contributed by atoms with Crippen LogP contribution in [0.2, 0.25) is 10.0 Å². The molecule has 3 aliphatic heterocycles. The number of H-pyrrole nitrogens is 1. The molecule has 5 aromatic rings. The number of nitrogens with one attached hydrogen (secondary N) is 2. The number of allylic oxidation sites excluding steroid dienone is 2. The lowest BCUT2D eigenvalue weighted by Crippen LogP contribution is -2.37. The molecule has 0 aliphatic carbocycles. The van der Waals surface area contributed by atoms with Crippen LogP contribution in [0.25, 0.3) is 22.2 Å². The van der Waals surface area contributed by atoms with E-state index in [0.717, 1.165) is 50.8 Å². The Hall–Kier alpha value is -5.05. The zero-order chi connectivity index (χ0) is 35.2. The number of methoxy groups -OCH3 is 1. The zero-order valence-corrected chi connectivity index (χ0v) is 29.8. The Morgan fingerprint density at radius 1 is 0.961 bits per heavy atom. The highest BCUT2D eigenvalue weighted by Gasteiger charge is 2.40. The van der Waals surface area contributed by atoms with Crippen molar-refractivity contribution >= 4 is 68.8 Å². The first-order chi connectivity index (χ1) is 24.8. The molecule has 5 heterocycles. The fourth-order valence-electron chi connectivity index (χ4n) is 7.97. The third-order valence-electron chi connectivity index (χ3n) is 10.3. The van der Waals surface area contributed by atoms with E-state index in [4.69, 9.17) is 27.9 Å². The Morgan fingerprint density at radius 2 is 1.73 bits per heavy atom. The maximum Gasteiger partial charge on any atom is 0.308 e. The number of ether oxygens (including phenoxy) is 1. The Bertz CT molecular complexity index is 2200. The number of carbonyl (C=O) groups is 2. The van der Waals surface area contributed by atoms with E-state index in [9.17, 15) is 9.59 Å². The predicted octanol–water partition coefficient (Wildman–Crippen LogP) is 9.34. The standard InChI is InChI=1S/C41H37Cl2N5O3/c1-24-8-7-19-48-37(26-12-14-28(42)15-13-26)30-22-29(43)23-32-34(30)35(38(48)33(24)25-9-4-3-5-10-25)36(45-32)40(49)46-31-11-6-18-44-39(31)47-20-16-27(17-21-47)41(50)51-2/h3-7,9-15,18-19,22-24,27,37,45H,8,16-17,20-21H2,1-2H3,(H,46,49). The highest BCUT2D eigenvalue weighted by atomic mass is 35.5. The predicted molar refractivity (Wildman–Crippen MR) is 204 cm³/mol. The van der Waals surface area contributed by atoms with Crippen LogP contribution in [0.4, 0.5) is 11.5 Å². The number of rotatable bonds is 6. The van der Waals surface area contributed by atoms with Gasteiger partial charge in [-0.05, 0) is 83.8 Å². The second-order valence-corrected chi connectivity index (χ2v) is 14.3. The summed E-state index contributed by atoms with van der Waals surface area (Å²) < 4.78 is 4.99. The monoisotopic (exact) mass is 717 g/mol. The summed E-state index contributed by atoms with van der Waals surface area (Å²) >= 11 is 13.2. The summed E-state index contributed by atoms with van der Waals surface area (Å²) in [7, 11) is 1.43. The molecule has 2 atom stereocenters. The van der Waals surface area contributed by atoms with Crippen molar-refractivity contribution in [3.63, 3.8) is 0 Å². The lowest BCUT2D eigenvalue weighted by molar-refractivity contribution is -0.146. The summed E-state index contributed by atoms with van der Waals surface area (Å²) in [6.45, 7) is 3.49. The first-order valence-electron chi connectivity index (χ1n) is 17.3. The van der Waals surface area contributed by atoms with Crippen LogP contribution in [-0.2, 0) is 9.53 Å². The van der Waals surface area contributed by atoms with Crippen molar-refractivity contribution in [3.8, 4) is 0 Å². The van der Waals surface area contributed by atoms with Gasteiger partial charge in [-0.1, -0.05) is 78.7 Å². The minimum atomic E-state index is -0.285. The number of pyridine rings is 1. The van der Waals surface area contributed by atoms with E-state index in [1.54, 1.807) is 6.20 Å². The molecule has 0 radical (unpaired) electrons. The molecule has 10 heteroatoms. The fraction of sp³-hybridized carbons (Fsp3) is 0.244. The molecule has 258 valence electrons. The number of anilines is 2. The Morgan fingerprint density at radius 3 is 2.47 bits per heavy atom. The van der Waals surface area contributed by atoms with Crippen LogP contribution in [-0.4, -0.2) is 46.9 Å². The topological polar surface area (TPSA) is 90.6 Å². The molecular formula is C41H37Cl2N5O3. The van der Waals surface area contributed by atoms with Gasteiger partial charge in [0.15, 0.2) is 5.82 Å². The summed E-state index contributed by atoms with van der Waals surface area (Å²) in [5.41, 5.74) is 7.95. The van der Waals surface area contributed by atoms with E-state index in [1.807, 2.05) is 42.5 Å². The summed E-state index contributed by atoms with van der Waals surface area (Å²) in [4.78, 5) is 39.5. The molecular weight excluding hydrogens is 681 g/mol. The molecule has 1 amide bonds. The van der Waals surface area contributed by atoms with Gasteiger partial charge in [0.1, 0.15) is 5.69 Å². The normalized spacial score (nSPS) is 18.8. The van der Waals surface area contributed by atoms with Crippen molar-refractivity contribution in [1.82, 2.24) is 14.9 Å².